The molecule has 21 heavy (non-hydrogen) atoms. The van der Waals surface area contributed by atoms with Gasteiger partial charge in [-0.15, -0.1) is 0 Å². The molecule has 1 rings (SSSR count). The van der Waals surface area contributed by atoms with Gasteiger partial charge < -0.3 is 9.47 Å². The van der Waals surface area contributed by atoms with Gasteiger partial charge in [-0.25, -0.2) is 0 Å². The van der Waals surface area contributed by atoms with Crippen molar-refractivity contribution >= 4 is 23.5 Å². The molecule has 0 aromatic heterocycles. The summed E-state index contributed by atoms with van der Waals surface area (Å²) in [6.45, 7) is 5.89. The van der Waals surface area contributed by atoms with E-state index in [-0.39, 0.29) is 17.7 Å². The molecule has 0 fully saturated rings. The fraction of sp³-hybridized carbons (Fsp3) is 0.500. The number of rotatable bonds is 8. The van der Waals surface area contributed by atoms with Crippen molar-refractivity contribution in [2.75, 3.05) is 19.5 Å². The number of carbonyl (C=O) groups excluding carboxylic acids is 2. The highest BCUT2D eigenvalue weighted by Gasteiger charge is 2.14. The molecule has 1 aromatic rings. The maximum Gasteiger partial charge on any atom is 0.309 e. The molecule has 0 bridgehead atoms. The van der Waals surface area contributed by atoms with Crippen molar-refractivity contribution in [3.63, 3.8) is 0 Å². The molecule has 0 radical (unpaired) electrons. The lowest BCUT2D eigenvalue weighted by Crippen LogP contribution is -2.14. The van der Waals surface area contributed by atoms with Crippen LogP contribution in [0.3, 0.4) is 0 Å². The number of ketones is 1. The van der Waals surface area contributed by atoms with Crippen molar-refractivity contribution in [3.05, 3.63) is 29.3 Å². The van der Waals surface area contributed by atoms with Crippen LogP contribution in [0.25, 0.3) is 0 Å². The average molecular weight is 310 g/mol. The first-order valence-electron chi connectivity index (χ1n) is 6.91. The highest BCUT2D eigenvalue weighted by atomic mass is 32.2. The zero-order valence-electron chi connectivity index (χ0n) is 13.0. The van der Waals surface area contributed by atoms with Crippen LogP contribution in [-0.4, -0.2) is 31.2 Å². The second-order valence-corrected chi connectivity index (χ2v) is 5.78. The number of ether oxygens (including phenoxy) is 2. The molecule has 0 saturated carbocycles. The van der Waals surface area contributed by atoms with Crippen LogP contribution in [0.15, 0.2) is 18.2 Å². The molecular formula is C16H22O4S. The van der Waals surface area contributed by atoms with Crippen molar-refractivity contribution in [2.24, 2.45) is 5.92 Å². The summed E-state index contributed by atoms with van der Waals surface area (Å²) in [5.74, 6) is 1.84. The number of benzene rings is 1. The number of thioether (sulfide) groups is 1. The molecule has 116 valence electrons. The summed E-state index contributed by atoms with van der Waals surface area (Å²) in [4.78, 5) is 22.8. The molecule has 5 heteroatoms. The van der Waals surface area contributed by atoms with Crippen LogP contribution in [0, 0.1) is 5.92 Å². The molecule has 0 heterocycles. The minimum Gasteiger partial charge on any atom is -0.494 e. The summed E-state index contributed by atoms with van der Waals surface area (Å²) in [5, 5.41) is 0. The van der Waals surface area contributed by atoms with Gasteiger partial charge in [0.25, 0.3) is 0 Å². The molecule has 1 aromatic carbocycles. The Balaban J connectivity index is 2.73. The number of Topliss-reactive ketones (excluding diaryl/α,β-unsaturated/α-hetero) is 1. The Labute approximate surface area is 130 Å². The van der Waals surface area contributed by atoms with Crippen LogP contribution >= 0.6 is 11.8 Å². The van der Waals surface area contributed by atoms with Crippen molar-refractivity contribution in [3.8, 4) is 5.75 Å². The van der Waals surface area contributed by atoms with Crippen LogP contribution < -0.4 is 4.74 Å². The van der Waals surface area contributed by atoms with Crippen LogP contribution in [0.1, 0.15) is 36.7 Å². The third-order valence-electron chi connectivity index (χ3n) is 3.00. The van der Waals surface area contributed by atoms with Gasteiger partial charge in [0, 0.05) is 22.6 Å². The quantitative estimate of drug-likeness (QED) is 0.544. The second-order valence-electron chi connectivity index (χ2n) is 4.75. The molecule has 1 unspecified atom stereocenters. The fourth-order valence-electron chi connectivity index (χ4n) is 1.82. The average Bonchev–Trinajstić information content (AvgIpc) is 2.47. The van der Waals surface area contributed by atoms with Crippen LogP contribution in [0.5, 0.6) is 5.75 Å². The van der Waals surface area contributed by atoms with Crippen molar-refractivity contribution < 1.29 is 19.1 Å². The number of esters is 1. The van der Waals surface area contributed by atoms with Gasteiger partial charge in [-0.2, -0.15) is 11.8 Å². The van der Waals surface area contributed by atoms with Gasteiger partial charge in [-0.05, 0) is 32.0 Å². The molecule has 0 aliphatic heterocycles. The molecule has 0 spiro atoms. The highest BCUT2D eigenvalue weighted by Crippen LogP contribution is 2.26. The Morgan fingerprint density at radius 1 is 1.33 bits per heavy atom. The van der Waals surface area contributed by atoms with Crippen LogP contribution in [-0.2, 0) is 15.3 Å². The first-order valence-corrected chi connectivity index (χ1v) is 8.07. The molecule has 0 N–H and O–H groups in total. The summed E-state index contributed by atoms with van der Waals surface area (Å²) in [7, 11) is 1.40. The molecule has 4 nitrogen and oxygen atoms in total. The molecule has 0 amide bonds. The largest absolute Gasteiger partial charge is 0.494 e. The van der Waals surface area contributed by atoms with E-state index in [0.717, 1.165) is 11.3 Å². The summed E-state index contributed by atoms with van der Waals surface area (Å²) >= 11 is 1.63. The lowest BCUT2D eigenvalue weighted by molar-refractivity contribution is -0.144. The van der Waals surface area contributed by atoms with Gasteiger partial charge in [0.15, 0.2) is 5.78 Å². The Kier molecular flexibility index (Phi) is 7.29. The van der Waals surface area contributed by atoms with E-state index in [1.807, 2.05) is 26.0 Å². The van der Waals surface area contributed by atoms with Gasteiger partial charge in [0.05, 0.1) is 19.6 Å². The first kappa shape index (κ1) is 17.6. The molecule has 0 saturated heterocycles. The van der Waals surface area contributed by atoms with Crippen LogP contribution in [0.4, 0.5) is 0 Å². The zero-order valence-corrected chi connectivity index (χ0v) is 13.8. The topological polar surface area (TPSA) is 52.6 Å². The first-order chi connectivity index (χ1) is 9.99. The third-order valence-corrected chi connectivity index (χ3v) is 4.25. The molecule has 1 atom stereocenters. The zero-order chi connectivity index (χ0) is 15.8. The van der Waals surface area contributed by atoms with Gasteiger partial charge in [-0.1, -0.05) is 6.92 Å². The fourth-order valence-corrected chi connectivity index (χ4v) is 2.88. The Morgan fingerprint density at radius 2 is 2.05 bits per heavy atom. The van der Waals surface area contributed by atoms with Gasteiger partial charge in [0.2, 0.25) is 0 Å². The maximum atomic E-state index is 11.5. The highest BCUT2D eigenvalue weighted by molar-refractivity contribution is 7.98. The van der Waals surface area contributed by atoms with E-state index in [9.17, 15) is 9.59 Å². The van der Waals surface area contributed by atoms with Crippen molar-refractivity contribution in [1.29, 1.82) is 0 Å². The number of hydrogen-bond acceptors (Lipinski definition) is 5. The van der Waals surface area contributed by atoms with E-state index >= 15 is 0 Å². The predicted octanol–water partition coefficient (Wildman–Crippen LogP) is 3.33. The Bertz CT molecular complexity index is 499. The lowest BCUT2D eigenvalue weighted by Gasteiger charge is -2.13. The number of carbonyl (C=O) groups is 2. The molecule has 0 aliphatic carbocycles. The Hall–Kier alpha value is -1.49. The molecular weight excluding hydrogens is 288 g/mol. The van der Waals surface area contributed by atoms with E-state index in [1.54, 1.807) is 24.8 Å². The number of hydrogen-bond donors (Lipinski definition) is 0. The number of methoxy groups -OCH3 is 1. The van der Waals surface area contributed by atoms with E-state index in [0.29, 0.717) is 23.7 Å². The van der Waals surface area contributed by atoms with Gasteiger partial charge in [0.1, 0.15) is 5.75 Å². The van der Waals surface area contributed by atoms with E-state index < -0.39 is 0 Å². The van der Waals surface area contributed by atoms with Gasteiger partial charge in [-0.3, -0.25) is 9.59 Å². The van der Waals surface area contributed by atoms with Gasteiger partial charge >= 0.3 is 5.97 Å². The van der Waals surface area contributed by atoms with E-state index in [1.165, 1.54) is 7.11 Å². The standard InChI is InChI=1S/C16H22O4S/c1-5-20-15-7-6-13(12(3)17)8-14(15)10-21-9-11(2)16(18)19-4/h6-8,11H,5,9-10H2,1-4H3. The SMILES string of the molecule is CCOc1ccc(C(C)=O)cc1CSCC(C)C(=O)OC. The summed E-state index contributed by atoms with van der Waals surface area (Å²) in [6, 6.07) is 5.47. The third kappa shape index (κ3) is 5.42. The van der Waals surface area contributed by atoms with Crippen molar-refractivity contribution in [2.45, 2.75) is 26.5 Å². The van der Waals surface area contributed by atoms with Crippen LogP contribution in [0.2, 0.25) is 0 Å². The summed E-state index contributed by atoms with van der Waals surface area (Å²) < 4.78 is 10.3. The monoisotopic (exact) mass is 310 g/mol. The van der Waals surface area contributed by atoms with Crippen molar-refractivity contribution in [1.82, 2.24) is 0 Å². The Morgan fingerprint density at radius 3 is 2.62 bits per heavy atom. The normalized spacial score (nSPS) is 11.8. The minimum atomic E-state index is -0.204. The lowest BCUT2D eigenvalue weighted by atomic mass is 10.1. The minimum absolute atomic E-state index is 0.0345. The summed E-state index contributed by atoms with van der Waals surface area (Å²) in [5.41, 5.74) is 1.65. The second kappa shape index (κ2) is 8.72. The molecule has 0 aliphatic rings. The van der Waals surface area contributed by atoms with E-state index in [2.05, 4.69) is 0 Å². The summed E-state index contributed by atoms with van der Waals surface area (Å²) in [6.07, 6.45) is 0. The maximum absolute atomic E-state index is 11.5. The predicted molar refractivity (Wildman–Crippen MR) is 85.0 cm³/mol. The smallest absolute Gasteiger partial charge is 0.309 e. The van der Waals surface area contributed by atoms with E-state index in [4.69, 9.17) is 9.47 Å².